The molecule has 0 N–H and O–H groups in total. The van der Waals surface area contributed by atoms with E-state index >= 15 is 0 Å². The van der Waals surface area contributed by atoms with Crippen molar-refractivity contribution in [3.63, 3.8) is 0 Å². The summed E-state index contributed by atoms with van der Waals surface area (Å²) in [7, 11) is -3.63. The predicted molar refractivity (Wildman–Crippen MR) is 88.8 cm³/mol. The van der Waals surface area contributed by atoms with Gasteiger partial charge < -0.3 is 0 Å². The zero-order chi connectivity index (χ0) is 15.8. The number of hydrogen-bond acceptors (Lipinski definition) is 4. The molecular weight excluding hydrogens is 302 g/mol. The van der Waals surface area contributed by atoms with E-state index in [-0.39, 0.29) is 4.91 Å². The highest BCUT2D eigenvalue weighted by atomic mass is 32.2. The molecule has 0 aliphatic carbocycles. The minimum Gasteiger partial charge on any atom is -0.222 e. The molecule has 0 fully saturated rings. The molecule has 0 spiro atoms. The number of aryl methyl sites for hydroxylation is 1. The van der Waals surface area contributed by atoms with E-state index in [0.717, 1.165) is 20.5 Å². The maximum Gasteiger partial charge on any atom is 0.193 e. The van der Waals surface area contributed by atoms with Crippen molar-refractivity contribution in [1.29, 1.82) is 5.26 Å². The molecule has 0 bridgehead atoms. The fourth-order valence-electron chi connectivity index (χ4n) is 1.95. The zero-order valence-electron chi connectivity index (χ0n) is 12.5. The van der Waals surface area contributed by atoms with Gasteiger partial charge in [-0.1, -0.05) is 18.2 Å². The Kier molecular flexibility index (Phi) is 3.96. The largest absolute Gasteiger partial charge is 0.222 e. The van der Waals surface area contributed by atoms with E-state index in [1.807, 2.05) is 37.3 Å². The molecule has 0 aliphatic heterocycles. The number of fused-ring (bicyclic) bond motifs is 1. The van der Waals surface area contributed by atoms with Crippen molar-refractivity contribution in [2.45, 2.75) is 32.4 Å². The molecule has 2 aromatic rings. The zero-order valence-corrected chi connectivity index (χ0v) is 14.1. The smallest absolute Gasteiger partial charge is 0.193 e. The van der Waals surface area contributed by atoms with Crippen LogP contribution in [0.1, 0.15) is 31.2 Å². The van der Waals surface area contributed by atoms with Crippen molar-refractivity contribution >= 4 is 37.3 Å². The summed E-state index contributed by atoms with van der Waals surface area (Å²) < 4.78 is 25.0. The molecule has 1 heterocycles. The second kappa shape index (κ2) is 5.28. The Morgan fingerprint density at radius 1 is 1.29 bits per heavy atom. The summed E-state index contributed by atoms with van der Waals surface area (Å²) in [5.74, 6) is 0. The SMILES string of the molecule is Cc1c(/C=C(\C#N)S(=O)(=O)C(C)(C)C)sc2ccccc12. The number of hydrogen-bond donors (Lipinski definition) is 0. The highest BCUT2D eigenvalue weighted by Gasteiger charge is 2.33. The summed E-state index contributed by atoms with van der Waals surface area (Å²) in [5.41, 5.74) is 1.01. The van der Waals surface area contributed by atoms with E-state index in [1.165, 1.54) is 17.4 Å². The van der Waals surface area contributed by atoms with Crippen molar-refractivity contribution in [3.8, 4) is 6.07 Å². The maximum atomic E-state index is 12.4. The summed E-state index contributed by atoms with van der Waals surface area (Å²) >= 11 is 1.50. The third-order valence-corrected chi connectivity index (χ3v) is 6.97. The summed E-state index contributed by atoms with van der Waals surface area (Å²) in [6.45, 7) is 6.76. The fourth-order valence-corrected chi connectivity index (χ4v) is 4.23. The molecule has 0 unspecified atom stereocenters. The normalized spacial score (nSPS) is 13.4. The number of sulfone groups is 1. The molecule has 3 nitrogen and oxygen atoms in total. The molecule has 0 saturated heterocycles. The monoisotopic (exact) mass is 319 g/mol. The molecule has 1 aromatic heterocycles. The second-order valence-electron chi connectivity index (χ2n) is 5.82. The quantitative estimate of drug-likeness (QED) is 0.776. The molecular formula is C16H17NO2S2. The van der Waals surface area contributed by atoms with Crippen LogP contribution < -0.4 is 0 Å². The van der Waals surface area contributed by atoms with E-state index in [4.69, 9.17) is 0 Å². The molecule has 0 amide bonds. The standard InChI is InChI=1S/C16H17NO2S2/c1-11-13-7-5-6-8-14(13)20-15(11)9-12(10-17)21(18,19)16(2,3)4/h5-9H,1-4H3/b12-9+. The van der Waals surface area contributed by atoms with Crippen molar-refractivity contribution in [3.05, 3.63) is 39.6 Å². The summed E-state index contributed by atoms with van der Waals surface area (Å²) in [5, 5.41) is 10.4. The highest BCUT2D eigenvalue weighted by Crippen LogP contribution is 2.34. The van der Waals surface area contributed by atoms with Gasteiger partial charge in [-0.15, -0.1) is 11.3 Å². The van der Waals surface area contributed by atoms with Crippen LogP contribution in [0.2, 0.25) is 0 Å². The van der Waals surface area contributed by atoms with Crippen LogP contribution in [0, 0.1) is 18.3 Å². The first kappa shape index (κ1) is 15.7. The lowest BCUT2D eigenvalue weighted by Crippen LogP contribution is -2.28. The molecule has 0 aliphatic rings. The Balaban J connectivity index is 2.65. The lowest BCUT2D eigenvalue weighted by atomic mass is 10.1. The van der Waals surface area contributed by atoms with Crippen LogP contribution in [-0.2, 0) is 9.84 Å². The van der Waals surface area contributed by atoms with E-state index in [0.29, 0.717) is 0 Å². The molecule has 0 saturated carbocycles. The van der Waals surface area contributed by atoms with Gasteiger partial charge in [0.2, 0.25) is 0 Å². The third-order valence-electron chi connectivity index (χ3n) is 3.35. The van der Waals surface area contributed by atoms with Crippen molar-refractivity contribution < 1.29 is 8.42 Å². The van der Waals surface area contributed by atoms with Crippen molar-refractivity contribution in [2.24, 2.45) is 0 Å². The summed E-state index contributed by atoms with van der Waals surface area (Å²) in [6.07, 6.45) is 1.50. The lowest BCUT2D eigenvalue weighted by Gasteiger charge is -2.18. The van der Waals surface area contributed by atoms with E-state index in [9.17, 15) is 13.7 Å². The number of nitrogens with zero attached hydrogens (tertiary/aromatic N) is 1. The third kappa shape index (κ3) is 2.74. The molecule has 0 atom stereocenters. The number of nitriles is 1. The van der Waals surface area contributed by atoms with Gasteiger partial charge in [0, 0.05) is 9.58 Å². The Labute approximate surface area is 129 Å². The lowest BCUT2D eigenvalue weighted by molar-refractivity contribution is 0.568. The first-order chi connectivity index (χ1) is 9.68. The van der Waals surface area contributed by atoms with Gasteiger partial charge >= 0.3 is 0 Å². The van der Waals surface area contributed by atoms with E-state index in [2.05, 4.69) is 0 Å². The maximum absolute atomic E-state index is 12.4. The van der Waals surface area contributed by atoms with Crippen LogP contribution in [0.3, 0.4) is 0 Å². The van der Waals surface area contributed by atoms with Gasteiger partial charge in [-0.25, -0.2) is 8.42 Å². The number of thiophene rings is 1. The minimum absolute atomic E-state index is 0.176. The van der Waals surface area contributed by atoms with Crippen LogP contribution in [-0.4, -0.2) is 13.2 Å². The number of benzene rings is 1. The summed E-state index contributed by atoms with van der Waals surface area (Å²) in [4.78, 5) is 0.644. The average molecular weight is 319 g/mol. The second-order valence-corrected chi connectivity index (χ2v) is 9.58. The Morgan fingerprint density at radius 3 is 2.43 bits per heavy atom. The van der Waals surface area contributed by atoms with Crippen LogP contribution >= 0.6 is 11.3 Å². The van der Waals surface area contributed by atoms with Crippen LogP contribution in [0.15, 0.2) is 29.2 Å². The van der Waals surface area contributed by atoms with Gasteiger partial charge in [-0.2, -0.15) is 5.26 Å². The van der Waals surface area contributed by atoms with Gasteiger partial charge in [0.25, 0.3) is 0 Å². The minimum atomic E-state index is -3.63. The average Bonchev–Trinajstić information content (AvgIpc) is 2.72. The van der Waals surface area contributed by atoms with Crippen LogP contribution in [0.5, 0.6) is 0 Å². The first-order valence-electron chi connectivity index (χ1n) is 6.53. The predicted octanol–water partition coefficient (Wildman–Crippen LogP) is 4.29. The Hall–Kier alpha value is -1.64. The van der Waals surface area contributed by atoms with Gasteiger partial charge in [0.1, 0.15) is 11.0 Å². The number of allylic oxidation sites excluding steroid dienone is 1. The highest BCUT2D eigenvalue weighted by molar-refractivity contribution is 7.97. The topological polar surface area (TPSA) is 57.9 Å². The number of rotatable bonds is 2. The Bertz CT molecular complexity index is 860. The van der Waals surface area contributed by atoms with Crippen LogP contribution in [0.4, 0.5) is 0 Å². The van der Waals surface area contributed by atoms with Gasteiger partial charge in [-0.05, 0) is 50.8 Å². The van der Waals surface area contributed by atoms with Crippen LogP contribution in [0.25, 0.3) is 16.2 Å². The molecule has 5 heteroatoms. The molecule has 1 aromatic carbocycles. The van der Waals surface area contributed by atoms with Gasteiger partial charge in [-0.3, -0.25) is 0 Å². The molecule has 21 heavy (non-hydrogen) atoms. The van der Waals surface area contributed by atoms with Gasteiger partial charge in [0.15, 0.2) is 9.84 Å². The fraction of sp³-hybridized carbons (Fsp3) is 0.312. The Morgan fingerprint density at radius 2 is 1.90 bits per heavy atom. The van der Waals surface area contributed by atoms with Crippen molar-refractivity contribution in [2.75, 3.05) is 0 Å². The molecule has 2 rings (SSSR count). The summed E-state index contributed by atoms with van der Waals surface area (Å²) in [6, 6.07) is 9.74. The van der Waals surface area contributed by atoms with Crippen molar-refractivity contribution in [1.82, 2.24) is 0 Å². The molecule has 0 radical (unpaired) electrons. The molecule has 110 valence electrons. The van der Waals surface area contributed by atoms with Gasteiger partial charge in [0.05, 0.1) is 4.75 Å². The van der Waals surface area contributed by atoms with E-state index in [1.54, 1.807) is 20.8 Å². The first-order valence-corrected chi connectivity index (χ1v) is 8.83. The van der Waals surface area contributed by atoms with E-state index < -0.39 is 14.6 Å².